The van der Waals surface area contributed by atoms with Gasteiger partial charge in [0.1, 0.15) is 0 Å². The molecule has 0 radical (unpaired) electrons. The number of hydrogen-bond acceptors (Lipinski definition) is 7. The van der Waals surface area contributed by atoms with Crippen LogP contribution in [-0.2, 0) is 17.9 Å². The van der Waals surface area contributed by atoms with Gasteiger partial charge in [0.2, 0.25) is 17.8 Å². The zero-order valence-electron chi connectivity index (χ0n) is 18.1. The molecule has 9 nitrogen and oxygen atoms in total. The van der Waals surface area contributed by atoms with Gasteiger partial charge in [-0.2, -0.15) is 4.39 Å². The van der Waals surface area contributed by atoms with E-state index in [1.165, 1.54) is 6.07 Å². The Kier molecular flexibility index (Phi) is 4.55. The Bertz CT molecular complexity index is 1230. The molecule has 6 rings (SSSR count). The first-order valence-corrected chi connectivity index (χ1v) is 11.3. The van der Waals surface area contributed by atoms with Gasteiger partial charge >= 0.3 is 0 Å². The number of carbonyl (C=O) groups excluding carboxylic acids is 1. The number of anilines is 2. The first-order valence-electron chi connectivity index (χ1n) is 10.9. The number of fused-ring (bicyclic) bond motifs is 3. The van der Waals surface area contributed by atoms with Gasteiger partial charge in [-0.3, -0.25) is 9.36 Å². The van der Waals surface area contributed by atoms with Crippen LogP contribution in [-0.4, -0.2) is 61.9 Å². The Balaban J connectivity index is 1.25. The fraction of sp³-hybridized carbons (Fsp3) is 0.409. The Morgan fingerprint density at radius 3 is 2.55 bits per heavy atom. The number of aromatic nitrogens is 5. The maximum atomic E-state index is 13.0. The topological polar surface area (TPSA) is 83.3 Å². The molecular formula is C22H22ClFN8O. The van der Waals surface area contributed by atoms with Gasteiger partial charge in [-0.05, 0) is 35.9 Å². The van der Waals surface area contributed by atoms with Crippen LogP contribution in [0, 0.1) is 11.4 Å². The minimum absolute atomic E-state index is 0.0697. The quantitative estimate of drug-likeness (QED) is 0.583. The van der Waals surface area contributed by atoms with E-state index in [1.54, 1.807) is 11.0 Å². The van der Waals surface area contributed by atoms with Gasteiger partial charge < -0.3 is 14.7 Å². The first kappa shape index (κ1) is 20.3. The summed E-state index contributed by atoms with van der Waals surface area (Å²) in [6.07, 6.45) is 0.431. The van der Waals surface area contributed by atoms with Gasteiger partial charge in [0, 0.05) is 49.6 Å². The van der Waals surface area contributed by atoms with E-state index in [1.807, 2.05) is 25.1 Å². The van der Waals surface area contributed by atoms with Crippen LogP contribution in [0.2, 0.25) is 5.02 Å². The molecule has 0 saturated carbocycles. The van der Waals surface area contributed by atoms with Gasteiger partial charge in [0.25, 0.3) is 0 Å². The summed E-state index contributed by atoms with van der Waals surface area (Å²) in [5.41, 5.74) is 2.09. The molecule has 3 aromatic rings. The lowest BCUT2D eigenvalue weighted by molar-refractivity contribution is -0.132. The second kappa shape index (κ2) is 7.38. The van der Waals surface area contributed by atoms with Crippen molar-refractivity contribution in [3.8, 4) is 5.69 Å². The minimum atomic E-state index is -0.572. The van der Waals surface area contributed by atoms with Crippen LogP contribution >= 0.6 is 11.6 Å². The average molecular weight is 469 g/mol. The molecule has 2 aromatic heterocycles. The van der Waals surface area contributed by atoms with E-state index in [4.69, 9.17) is 11.6 Å². The minimum Gasteiger partial charge on any atom is -0.354 e. The predicted octanol–water partition coefficient (Wildman–Crippen LogP) is 2.43. The van der Waals surface area contributed by atoms with Gasteiger partial charge in [-0.25, -0.2) is 0 Å². The van der Waals surface area contributed by atoms with Crippen molar-refractivity contribution in [2.75, 3.05) is 36.0 Å². The maximum Gasteiger partial charge on any atom is 0.233 e. The van der Waals surface area contributed by atoms with E-state index in [-0.39, 0.29) is 11.3 Å². The molecule has 2 saturated heterocycles. The lowest BCUT2D eigenvalue weighted by Crippen LogP contribution is -2.73. The number of rotatable bonds is 3. The van der Waals surface area contributed by atoms with Crippen molar-refractivity contribution < 1.29 is 9.18 Å². The van der Waals surface area contributed by atoms with Crippen molar-refractivity contribution in [2.45, 2.75) is 26.4 Å². The SMILES string of the molecule is CCC(=O)N1Cc2cc(Cl)ccc2-n2c(nnc2N2CC3(CN(c4ccc(F)nn4)C3)C2)C1. The third kappa shape index (κ3) is 3.31. The second-order valence-corrected chi connectivity index (χ2v) is 9.49. The van der Waals surface area contributed by atoms with Gasteiger partial charge in [0.15, 0.2) is 11.6 Å². The largest absolute Gasteiger partial charge is 0.354 e. The highest BCUT2D eigenvalue weighted by molar-refractivity contribution is 6.30. The van der Waals surface area contributed by atoms with Gasteiger partial charge in [0.05, 0.1) is 12.2 Å². The molecule has 1 aromatic carbocycles. The van der Waals surface area contributed by atoms with E-state index in [0.29, 0.717) is 30.4 Å². The molecule has 1 spiro atoms. The highest BCUT2D eigenvalue weighted by Crippen LogP contribution is 2.43. The molecule has 33 heavy (non-hydrogen) atoms. The first-order chi connectivity index (χ1) is 15.9. The van der Waals surface area contributed by atoms with Crippen LogP contribution in [0.3, 0.4) is 0 Å². The molecule has 170 valence electrons. The standard InChI is InChI=1S/C22H22ClFN8O/c1-2-20(33)29-8-14-7-15(23)3-4-16(14)32-19(9-29)27-28-21(32)31-12-22(13-31)10-30(11-22)18-6-5-17(24)25-26-18/h3-7H,2,8-13H2,1H3. The molecule has 5 heterocycles. The normalized spacial score (nSPS) is 18.3. The van der Waals surface area contributed by atoms with Crippen LogP contribution in [0.4, 0.5) is 16.2 Å². The number of amides is 1. The molecule has 0 N–H and O–H groups in total. The molecule has 1 amide bonds. The summed E-state index contributed by atoms with van der Waals surface area (Å²) in [6.45, 7) is 6.13. The molecule has 0 aliphatic carbocycles. The number of hydrogen-bond donors (Lipinski definition) is 0. The van der Waals surface area contributed by atoms with Crippen molar-refractivity contribution in [2.24, 2.45) is 5.41 Å². The number of halogens is 2. The van der Waals surface area contributed by atoms with Crippen LogP contribution in [0.15, 0.2) is 30.3 Å². The molecule has 3 aliphatic heterocycles. The number of nitrogens with zero attached hydrogens (tertiary/aromatic N) is 8. The van der Waals surface area contributed by atoms with Crippen LogP contribution in [0.1, 0.15) is 24.7 Å². The Labute approximate surface area is 194 Å². The monoisotopic (exact) mass is 468 g/mol. The molecule has 0 atom stereocenters. The summed E-state index contributed by atoms with van der Waals surface area (Å²) in [5.74, 6) is 1.72. The third-order valence-electron chi connectivity index (χ3n) is 6.67. The third-order valence-corrected chi connectivity index (χ3v) is 6.91. The maximum absolute atomic E-state index is 13.0. The lowest BCUT2D eigenvalue weighted by atomic mass is 9.73. The van der Waals surface area contributed by atoms with Crippen molar-refractivity contribution in [3.63, 3.8) is 0 Å². The molecule has 0 unspecified atom stereocenters. The van der Waals surface area contributed by atoms with Crippen LogP contribution in [0.5, 0.6) is 0 Å². The zero-order chi connectivity index (χ0) is 22.7. The summed E-state index contributed by atoms with van der Waals surface area (Å²) < 4.78 is 15.1. The van der Waals surface area contributed by atoms with Crippen molar-refractivity contribution in [3.05, 3.63) is 52.7 Å². The average Bonchev–Trinajstić information content (AvgIpc) is 3.07. The molecular weight excluding hydrogens is 447 g/mol. The summed E-state index contributed by atoms with van der Waals surface area (Å²) in [4.78, 5) is 18.7. The number of benzene rings is 1. The fourth-order valence-corrected chi connectivity index (χ4v) is 5.29. The van der Waals surface area contributed by atoms with Crippen molar-refractivity contribution in [1.29, 1.82) is 0 Å². The predicted molar refractivity (Wildman–Crippen MR) is 120 cm³/mol. The summed E-state index contributed by atoms with van der Waals surface area (Å²) in [6, 6.07) is 8.74. The van der Waals surface area contributed by atoms with E-state index in [2.05, 4.69) is 34.8 Å². The van der Waals surface area contributed by atoms with E-state index >= 15 is 0 Å². The summed E-state index contributed by atoms with van der Waals surface area (Å²) >= 11 is 6.28. The highest BCUT2D eigenvalue weighted by atomic mass is 35.5. The zero-order valence-corrected chi connectivity index (χ0v) is 18.8. The molecule has 2 fully saturated rings. The Morgan fingerprint density at radius 2 is 1.82 bits per heavy atom. The molecule has 11 heteroatoms. The van der Waals surface area contributed by atoms with Crippen molar-refractivity contribution >= 4 is 29.3 Å². The number of carbonyl (C=O) groups is 1. The van der Waals surface area contributed by atoms with Crippen LogP contribution in [0.25, 0.3) is 5.69 Å². The van der Waals surface area contributed by atoms with Gasteiger partial charge in [-0.1, -0.05) is 18.5 Å². The smallest absolute Gasteiger partial charge is 0.233 e. The summed E-state index contributed by atoms with van der Waals surface area (Å²) in [5, 5.41) is 17.0. The van der Waals surface area contributed by atoms with Crippen molar-refractivity contribution in [1.82, 2.24) is 29.9 Å². The fourth-order valence-electron chi connectivity index (χ4n) is 5.10. The van der Waals surface area contributed by atoms with E-state index < -0.39 is 5.95 Å². The van der Waals surface area contributed by atoms with E-state index in [9.17, 15) is 9.18 Å². The Morgan fingerprint density at radius 1 is 1.03 bits per heavy atom. The van der Waals surface area contributed by atoms with E-state index in [0.717, 1.165) is 49.2 Å². The van der Waals surface area contributed by atoms with Gasteiger partial charge in [-0.15, -0.1) is 20.4 Å². The Hall–Kier alpha value is -3.27. The molecule has 0 bridgehead atoms. The molecule has 3 aliphatic rings. The lowest BCUT2D eigenvalue weighted by Gasteiger charge is -2.60. The van der Waals surface area contributed by atoms with Crippen LogP contribution < -0.4 is 9.80 Å². The second-order valence-electron chi connectivity index (χ2n) is 9.05. The highest BCUT2D eigenvalue weighted by Gasteiger charge is 2.53. The summed E-state index contributed by atoms with van der Waals surface area (Å²) in [7, 11) is 0.